The molecule has 1 atom stereocenters. The molecule has 0 fully saturated rings. The van der Waals surface area contributed by atoms with Gasteiger partial charge in [-0.3, -0.25) is 4.79 Å². The second-order valence-corrected chi connectivity index (χ2v) is 3.82. The smallest absolute Gasteiger partial charge is 0.163 e. The third kappa shape index (κ3) is 1.41. The summed E-state index contributed by atoms with van der Waals surface area (Å²) in [5.41, 5.74) is 2.02. The average Bonchev–Trinajstić information content (AvgIpc) is 2.23. The number of carbonyl (C=O) groups is 1. The van der Waals surface area contributed by atoms with Crippen LogP contribution in [0.4, 0.5) is 0 Å². The number of fused-ring (bicyclic) bond motifs is 1. The van der Waals surface area contributed by atoms with E-state index in [1.54, 1.807) is 7.11 Å². The summed E-state index contributed by atoms with van der Waals surface area (Å²) in [6.45, 7) is 2.16. The van der Waals surface area contributed by atoms with Crippen LogP contribution in [0.3, 0.4) is 0 Å². The molecule has 14 heavy (non-hydrogen) atoms. The predicted molar refractivity (Wildman–Crippen MR) is 55.0 cm³/mol. The number of benzene rings is 1. The fraction of sp³-hybridized carbons (Fsp3) is 0.417. The molecule has 1 aromatic carbocycles. The molecule has 0 aliphatic heterocycles. The molecule has 0 spiro atoms. The molecule has 2 rings (SSSR count). The minimum absolute atomic E-state index is 0.265. The summed E-state index contributed by atoms with van der Waals surface area (Å²) in [7, 11) is 1.65. The lowest BCUT2D eigenvalue weighted by Crippen LogP contribution is -2.13. The van der Waals surface area contributed by atoms with Crippen LogP contribution in [0.2, 0.25) is 0 Å². The number of ether oxygens (including phenoxy) is 1. The van der Waals surface area contributed by atoms with Crippen LogP contribution in [0, 0.1) is 0 Å². The number of ketones is 1. The van der Waals surface area contributed by atoms with Crippen LogP contribution in [0.15, 0.2) is 18.2 Å². The standard InChI is InChI=1S/C12H14O2/c1-8-3-6-12(13)10-5-4-9(14-2)7-11(8)10/h4-5,7-8H,3,6H2,1-2H3. The zero-order chi connectivity index (χ0) is 10.1. The van der Waals surface area contributed by atoms with Gasteiger partial charge in [0.15, 0.2) is 5.78 Å². The number of hydrogen-bond acceptors (Lipinski definition) is 2. The van der Waals surface area contributed by atoms with Crippen molar-refractivity contribution in [1.29, 1.82) is 0 Å². The first-order valence-electron chi connectivity index (χ1n) is 4.93. The van der Waals surface area contributed by atoms with Gasteiger partial charge in [-0.2, -0.15) is 0 Å². The fourth-order valence-corrected chi connectivity index (χ4v) is 1.97. The molecule has 0 radical (unpaired) electrons. The van der Waals surface area contributed by atoms with E-state index < -0.39 is 0 Å². The number of carbonyl (C=O) groups excluding carboxylic acids is 1. The molecule has 0 N–H and O–H groups in total. The Balaban J connectivity index is 2.50. The zero-order valence-electron chi connectivity index (χ0n) is 8.54. The number of hydrogen-bond donors (Lipinski definition) is 0. The van der Waals surface area contributed by atoms with Gasteiger partial charge in [-0.15, -0.1) is 0 Å². The SMILES string of the molecule is COc1ccc2c(c1)C(C)CCC2=O. The van der Waals surface area contributed by atoms with Crippen LogP contribution in [0.5, 0.6) is 5.75 Å². The predicted octanol–water partition coefficient (Wildman–Crippen LogP) is 2.78. The third-order valence-electron chi connectivity index (χ3n) is 2.89. The van der Waals surface area contributed by atoms with Crippen molar-refractivity contribution in [2.45, 2.75) is 25.7 Å². The van der Waals surface area contributed by atoms with Gasteiger partial charge in [-0.05, 0) is 36.1 Å². The molecule has 0 amide bonds. The molecule has 0 heterocycles. The Kier molecular flexibility index (Phi) is 2.28. The van der Waals surface area contributed by atoms with E-state index in [0.717, 1.165) is 23.3 Å². The van der Waals surface area contributed by atoms with E-state index in [9.17, 15) is 4.79 Å². The van der Waals surface area contributed by atoms with Gasteiger partial charge in [0.05, 0.1) is 7.11 Å². The molecule has 1 unspecified atom stereocenters. The van der Waals surface area contributed by atoms with Gasteiger partial charge >= 0.3 is 0 Å². The molecule has 0 aromatic heterocycles. The molecular formula is C12H14O2. The van der Waals surface area contributed by atoms with Crippen LogP contribution < -0.4 is 4.74 Å². The molecule has 1 aliphatic rings. The molecule has 1 aliphatic carbocycles. The maximum Gasteiger partial charge on any atom is 0.163 e. The summed E-state index contributed by atoms with van der Waals surface area (Å²) in [4.78, 5) is 11.6. The molecule has 0 saturated heterocycles. The van der Waals surface area contributed by atoms with Crippen molar-refractivity contribution in [2.24, 2.45) is 0 Å². The van der Waals surface area contributed by atoms with E-state index in [0.29, 0.717) is 12.3 Å². The Morgan fingerprint density at radius 2 is 2.21 bits per heavy atom. The normalized spacial score (nSPS) is 20.4. The van der Waals surface area contributed by atoms with E-state index in [2.05, 4.69) is 6.92 Å². The van der Waals surface area contributed by atoms with Crippen LogP contribution >= 0.6 is 0 Å². The van der Waals surface area contributed by atoms with Crippen molar-refractivity contribution >= 4 is 5.78 Å². The van der Waals surface area contributed by atoms with Crippen LogP contribution in [0.1, 0.15) is 41.6 Å². The molecule has 2 heteroatoms. The van der Waals surface area contributed by atoms with Gasteiger partial charge in [0.2, 0.25) is 0 Å². The first-order valence-corrected chi connectivity index (χ1v) is 4.93. The average molecular weight is 190 g/mol. The highest BCUT2D eigenvalue weighted by Gasteiger charge is 2.22. The largest absolute Gasteiger partial charge is 0.497 e. The Morgan fingerprint density at radius 1 is 1.43 bits per heavy atom. The summed E-state index contributed by atoms with van der Waals surface area (Å²) in [5, 5.41) is 0. The Labute approximate surface area is 83.9 Å². The van der Waals surface area contributed by atoms with Gasteiger partial charge in [0.25, 0.3) is 0 Å². The van der Waals surface area contributed by atoms with Crippen LogP contribution in [-0.4, -0.2) is 12.9 Å². The topological polar surface area (TPSA) is 26.3 Å². The maximum atomic E-state index is 11.6. The van der Waals surface area contributed by atoms with Gasteiger partial charge in [0, 0.05) is 12.0 Å². The van der Waals surface area contributed by atoms with Gasteiger partial charge in [-0.25, -0.2) is 0 Å². The second kappa shape index (κ2) is 3.45. The second-order valence-electron chi connectivity index (χ2n) is 3.82. The first-order chi connectivity index (χ1) is 6.72. The maximum absolute atomic E-state index is 11.6. The van der Waals surface area contributed by atoms with Gasteiger partial charge in [0.1, 0.15) is 5.75 Å². The van der Waals surface area contributed by atoms with Crippen molar-refractivity contribution in [3.8, 4) is 5.75 Å². The highest BCUT2D eigenvalue weighted by molar-refractivity contribution is 5.98. The molecule has 1 aromatic rings. The highest BCUT2D eigenvalue weighted by Crippen LogP contribution is 2.33. The summed E-state index contributed by atoms with van der Waals surface area (Å²) in [6, 6.07) is 5.72. The molecule has 2 nitrogen and oxygen atoms in total. The van der Waals surface area contributed by atoms with Crippen molar-refractivity contribution < 1.29 is 9.53 Å². The van der Waals surface area contributed by atoms with Crippen LogP contribution in [-0.2, 0) is 0 Å². The minimum atomic E-state index is 0.265. The molecule has 0 saturated carbocycles. The van der Waals surface area contributed by atoms with Gasteiger partial charge < -0.3 is 4.74 Å². The molecule has 74 valence electrons. The lowest BCUT2D eigenvalue weighted by molar-refractivity contribution is 0.0968. The van der Waals surface area contributed by atoms with Crippen molar-refractivity contribution in [2.75, 3.05) is 7.11 Å². The van der Waals surface area contributed by atoms with E-state index in [1.165, 1.54) is 0 Å². The van der Waals surface area contributed by atoms with Gasteiger partial charge in [-0.1, -0.05) is 6.92 Å². The summed E-state index contributed by atoms with van der Waals surface area (Å²) in [6.07, 6.45) is 1.64. The van der Waals surface area contributed by atoms with Crippen molar-refractivity contribution in [1.82, 2.24) is 0 Å². The fourth-order valence-electron chi connectivity index (χ4n) is 1.97. The van der Waals surface area contributed by atoms with Crippen LogP contribution in [0.25, 0.3) is 0 Å². The van der Waals surface area contributed by atoms with E-state index in [1.807, 2.05) is 18.2 Å². The van der Waals surface area contributed by atoms with E-state index in [-0.39, 0.29) is 5.78 Å². The molecule has 0 bridgehead atoms. The Bertz CT molecular complexity index is 369. The van der Waals surface area contributed by atoms with Crippen molar-refractivity contribution in [3.63, 3.8) is 0 Å². The number of rotatable bonds is 1. The lowest BCUT2D eigenvalue weighted by atomic mass is 9.83. The molecular weight excluding hydrogens is 176 g/mol. The quantitative estimate of drug-likeness (QED) is 0.680. The number of methoxy groups -OCH3 is 1. The summed E-state index contributed by atoms with van der Waals surface area (Å²) >= 11 is 0. The Hall–Kier alpha value is -1.31. The van der Waals surface area contributed by atoms with E-state index >= 15 is 0 Å². The summed E-state index contributed by atoms with van der Waals surface area (Å²) < 4.78 is 5.15. The lowest BCUT2D eigenvalue weighted by Gasteiger charge is -2.21. The third-order valence-corrected chi connectivity index (χ3v) is 2.89. The summed E-state index contributed by atoms with van der Waals surface area (Å²) in [5.74, 6) is 1.57. The Morgan fingerprint density at radius 3 is 2.93 bits per heavy atom. The number of Topliss-reactive ketones (excluding diaryl/α,β-unsaturated/α-hetero) is 1. The monoisotopic (exact) mass is 190 g/mol. The van der Waals surface area contributed by atoms with E-state index in [4.69, 9.17) is 4.74 Å². The first kappa shape index (κ1) is 9.25. The minimum Gasteiger partial charge on any atom is -0.497 e. The zero-order valence-corrected chi connectivity index (χ0v) is 8.54. The highest BCUT2D eigenvalue weighted by atomic mass is 16.5. The van der Waals surface area contributed by atoms with Crippen molar-refractivity contribution in [3.05, 3.63) is 29.3 Å².